The van der Waals surface area contributed by atoms with Gasteiger partial charge in [-0.15, -0.1) is 11.3 Å². The highest BCUT2D eigenvalue weighted by molar-refractivity contribution is 7.21. The molecular weight excluding hydrogens is 316 g/mol. The molecule has 118 valence electrons. The maximum absolute atomic E-state index is 12.8. The van der Waals surface area contributed by atoms with Crippen molar-refractivity contribution in [3.8, 4) is 10.4 Å². The topological polar surface area (TPSA) is 34.9 Å². The molecule has 0 fully saturated rings. The van der Waals surface area contributed by atoms with Crippen LogP contribution < -0.4 is 5.56 Å². The van der Waals surface area contributed by atoms with Gasteiger partial charge < -0.3 is 0 Å². The van der Waals surface area contributed by atoms with Crippen molar-refractivity contribution < 1.29 is 0 Å². The summed E-state index contributed by atoms with van der Waals surface area (Å²) in [5.41, 5.74) is 3.45. The summed E-state index contributed by atoms with van der Waals surface area (Å²) in [6.07, 6.45) is 1.66. The van der Waals surface area contributed by atoms with E-state index in [1.807, 2.05) is 36.4 Å². The van der Waals surface area contributed by atoms with Crippen LogP contribution >= 0.6 is 11.3 Å². The molecule has 0 aliphatic heterocycles. The molecule has 2 aromatic heterocycles. The number of fused-ring (bicyclic) bond motifs is 1. The number of hydrogen-bond donors (Lipinski definition) is 0. The lowest BCUT2D eigenvalue weighted by Gasteiger charge is -2.07. The van der Waals surface area contributed by atoms with Crippen LogP contribution in [0, 0.1) is 6.92 Å². The zero-order chi connectivity index (χ0) is 16.5. The third-order valence-corrected chi connectivity index (χ3v) is 5.27. The van der Waals surface area contributed by atoms with Crippen molar-refractivity contribution in [2.45, 2.75) is 13.5 Å². The lowest BCUT2D eigenvalue weighted by atomic mass is 10.1. The summed E-state index contributed by atoms with van der Waals surface area (Å²) in [6.45, 7) is 2.61. The van der Waals surface area contributed by atoms with E-state index in [0.717, 1.165) is 20.8 Å². The molecule has 0 unspecified atom stereocenters. The average molecular weight is 332 g/mol. The van der Waals surface area contributed by atoms with E-state index < -0.39 is 0 Å². The number of rotatable bonds is 3. The van der Waals surface area contributed by atoms with Crippen LogP contribution in [0.2, 0.25) is 0 Å². The summed E-state index contributed by atoms with van der Waals surface area (Å²) >= 11 is 1.56. The van der Waals surface area contributed by atoms with E-state index in [1.165, 1.54) is 5.56 Å². The zero-order valence-corrected chi connectivity index (χ0v) is 14.1. The molecule has 4 aromatic rings. The Morgan fingerprint density at radius 3 is 2.58 bits per heavy atom. The molecule has 0 bridgehead atoms. The van der Waals surface area contributed by atoms with Gasteiger partial charge in [-0.2, -0.15) is 0 Å². The Bertz CT molecular complexity index is 1060. The van der Waals surface area contributed by atoms with E-state index in [2.05, 4.69) is 36.2 Å². The van der Waals surface area contributed by atoms with Gasteiger partial charge >= 0.3 is 0 Å². The Balaban J connectivity index is 1.78. The highest BCUT2D eigenvalue weighted by Crippen LogP contribution is 2.30. The number of nitrogens with zero attached hydrogens (tertiary/aromatic N) is 2. The highest BCUT2D eigenvalue weighted by atomic mass is 32.1. The second-order valence-corrected chi connectivity index (χ2v) is 6.83. The minimum Gasteiger partial charge on any atom is -0.294 e. The van der Waals surface area contributed by atoms with Crippen LogP contribution in [0.1, 0.15) is 11.1 Å². The number of benzene rings is 2. The molecule has 0 amide bonds. The maximum Gasteiger partial charge on any atom is 0.262 e. The summed E-state index contributed by atoms with van der Waals surface area (Å²) in [4.78, 5) is 19.2. The first-order valence-electron chi connectivity index (χ1n) is 7.81. The Hall–Kier alpha value is -2.72. The van der Waals surface area contributed by atoms with E-state index in [9.17, 15) is 4.79 Å². The quantitative estimate of drug-likeness (QED) is 0.554. The Morgan fingerprint density at radius 1 is 1.04 bits per heavy atom. The highest BCUT2D eigenvalue weighted by Gasteiger charge is 2.11. The molecule has 0 radical (unpaired) electrons. The lowest BCUT2D eigenvalue weighted by molar-refractivity contribution is 0.745. The van der Waals surface area contributed by atoms with Crippen LogP contribution in [0.3, 0.4) is 0 Å². The van der Waals surface area contributed by atoms with Crippen molar-refractivity contribution in [3.63, 3.8) is 0 Å². The van der Waals surface area contributed by atoms with Crippen LogP contribution in [0.5, 0.6) is 0 Å². The van der Waals surface area contributed by atoms with Crippen molar-refractivity contribution in [2.75, 3.05) is 0 Å². The van der Waals surface area contributed by atoms with Gasteiger partial charge in [-0.1, -0.05) is 54.6 Å². The van der Waals surface area contributed by atoms with E-state index in [1.54, 1.807) is 22.2 Å². The third-order valence-electron chi connectivity index (χ3n) is 4.18. The number of hydrogen-bond acceptors (Lipinski definition) is 3. The van der Waals surface area contributed by atoms with Crippen LogP contribution in [0.25, 0.3) is 20.7 Å². The molecule has 2 aromatic carbocycles. The Morgan fingerprint density at radius 2 is 1.79 bits per heavy atom. The fourth-order valence-corrected chi connectivity index (χ4v) is 3.78. The summed E-state index contributed by atoms with van der Waals surface area (Å²) in [6, 6.07) is 20.2. The molecule has 0 aliphatic carbocycles. The molecule has 0 N–H and O–H groups in total. The van der Waals surface area contributed by atoms with E-state index in [0.29, 0.717) is 11.9 Å². The molecule has 4 heteroatoms. The van der Waals surface area contributed by atoms with Gasteiger partial charge in [-0.25, -0.2) is 4.98 Å². The second-order valence-electron chi connectivity index (χ2n) is 5.80. The van der Waals surface area contributed by atoms with Gasteiger partial charge in [0, 0.05) is 4.88 Å². The summed E-state index contributed by atoms with van der Waals surface area (Å²) in [5, 5.41) is 0.690. The Labute approximate surface area is 143 Å². The first-order chi connectivity index (χ1) is 11.7. The van der Waals surface area contributed by atoms with E-state index in [4.69, 9.17) is 0 Å². The summed E-state index contributed by atoms with van der Waals surface area (Å²) in [7, 11) is 0. The summed E-state index contributed by atoms with van der Waals surface area (Å²) in [5.74, 6) is 0. The minimum absolute atomic E-state index is 0.0154. The molecule has 2 heterocycles. The van der Waals surface area contributed by atoms with Crippen molar-refractivity contribution in [1.29, 1.82) is 0 Å². The molecule has 0 atom stereocenters. The van der Waals surface area contributed by atoms with Gasteiger partial charge in [0.1, 0.15) is 4.83 Å². The van der Waals surface area contributed by atoms with Crippen molar-refractivity contribution in [1.82, 2.24) is 9.55 Å². The molecule has 0 spiro atoms. The maximum atomic E-state index is 12.8. The van der Waals surface area contributed by atoms with E-state index in [-0.39, 0.29) is 5.56 Å². The van der Waals surface area contributed by atoms with Gasteiger partial charge in [0.25, 0.3) is 5.56 Å². The molecule has 0 saturated heterocycles. The van der Waals surface area contributed by atoms with Crippen molar-refractivity contribution in [2.24, 2.45) is 0 Å². The SMILES string of the molecule is Cc1ccccc1Cn1cnc2sc(-c3ccccc3)cc2c1=O. The zero-order valence-electron chi connectivity index (χ0n) is 13.3. The van der Waals surface area contributed by atoms with Crippen LogP contribution in [0.4, 0.5) is 0 Å². The van der Waals surface area contributed by atoms with Crippen molar-refractivity contribution in [3.05, 3.63) is 88.5 Å². The predicted molar refractivity (Wildman–Crippen MR) is 99.6 cm³/mol. The lowest BCUT2D eigenvalue weighted by Crippen LogP contribution is -2.20. The normalized spacial score (nSPS) is 11.0. The standard InChI is InChI=1S/C20H16N2OS/c1-14-7-5-6-10-16(14)12-22-13-21-19-17(20(22)23)11-18(24-19)15-8-3-2-4-9-15/h2-11,13H,12H2,1H3. The molecule has 3 nitrogen and oxygen atoms in total. The molecule has 4 rings (SSSR count). The largest absolute Gasteiger partial charge is 0.294 e. The Kier molecular flexibility index (Phi) is 3.75. The fourth-order valence-electron chi connectivity index (χ4n) is 2.79. The molecule has 24 heavy (non-hydrogen) atoms. The average Bonchev–Trinajstić information content (AvgIpc) is 3.05. The van der Waals surface area contributed by atoms with Crippen LogP contribution in [0.15, 0.2) is 71.8 Å². The van der Waals surface area contributed by atoms with E-state index >= 15 is 0 Å². The van der Waals surface area contributed by atoms with Crippen molar-refractivity contribution >= 4 is 21.6 Å². The fraction of sp³-hybridized carbons (Fsp3) is 0.100. The molecule has 0 aliphatic rings. The van der Waals surface area contributed by atoms with Crippen LogP contribution in [-0.4, -0.2) is 9.55 Å². The molecular formula is C20H16N2OS. The first-order valence-corrected chi connectivity index (χ1v) is 8.63. The van der Waals surface area contributed by atoms with Gasteiger partial charge in [0.05, 0.1) is 18.3 Å². The van der Waals surface area contributed by atoms with Gasteiger partial charge in [-0.3, -0.25) is 9.36 Å². The molecule has 0 saturated carbocycles. The number of thiophene rings is 1. The van der Waals surface area contributed by atoms with Gasteiger partial charge in [-0.05, 0) is 29.7 Å². The number of aromatic nitrogens is 2. The smallest absolute Gasteiger partial charge is 0.262 e. The first kappa shape index (κ1) is 14.8. The number of aryl methyl sites for hydroxylation is 1. The minimum atomic E-state index is 0.0154. The third kappa shape index (κ3) is 2.65. The van der Waals surface area contributed by atoms with Crippen LogP contribution in [-0.2, 0) is 6.54 Å². The monoisotopic (exact) mass is 332 g/mol. The van der Waals surface area contributed by atoms with Gasteiger partial charge in [0.15, 0.2) is 0 Å². The predicted octanol–water partition coefficient (Wildman–Crippen LogP) is 4.48. The van der Waals surface area contributed by atoms with Gasteiger partial charge in [0.2, 0.25) is 0 Å². The summed E-state index contributed by atoms with van der Waals surface area (Å²) < 4.78 is 1.69. The second kappa shape index (κ2) is 6.06.